The Bertz CT molecular complexity index is 33.9. The Hall–Kier alpha value is -0.0100. The van der Waals surface area contributed by atoms with Crippen LogP contribution in [0.3, 0.4) is 0 Å². The van der Waals surface area contributed by atoms with Crippen molar-refractivity contribution in [3.63, 3.8) is 0 Å². The molecule has 0 amide bonds. The van der Waals surface area contributed by atoms with Crippen molar-refractivity contribution in [3.8, 4) is 0 Å². The molecule has 0 aliphatic carbocycles. The normalized spacial score (nSPS) is 8.60. The van der Waals surface area contributed by atoms with Crippen LogP contribution in [-0.2, 0) is 0 Å². The lowest BCUT2D eigenvalue weighted by molar-refractivity contribution is 0.395. The van der Waals surface area contributed by atoms with Gasteiger partial charge in [-0.05, 0) is 6.08 Å². The van der Waals surface area contributed by atoms with Gasteiger partial charge in [0.25, 0.3) is 0 Å². The van der Waals surface area contributed by atoms with Gasteiger partial charge in [0.05, 0.1) is 0 Å². The fourth-order valence-electron chi connectivity index (χ4n) is 0. The van der Waals surface area contributed by atoms with E-state index in [0.717, 1.165) is 6.08 Å². The van der Waals surface area contributed by atoms with Crippen molar-refractivity contribution in [1.82, 2.24) is 0 Å². The molecule has 5 heavy (non-hydrogen) atoms. The maximum absolute atomic E-state index is 7.93. The summed E-state index contributed by atoms with van der Waals surface area (Å²) in [4.78, 5) is 0. The average molecular weight is 91.5 g/mol. The molecule has 0 rings (SSSR count). The molecular formula is C3H4ClO. The fourth-order valence-corrected chi connectivity index (χ4v) is 0. The Balaban J connectivity index is 2.83. The van der Waals surface area contributed by atoms with E-state index < -0.39 is 0 Å². The van der Waals surface area contributed by atoms with Crippen LogP contribution >= 0.6 is 11.6 Å². The SMILES string of the molecule is C=C[C](O)Cl. The first-order valence-corrected chi connectivity index (χ1v) is 1.49. The molecule has 0 saturated carbocycles. The molecule has 0 atom stereocenters. The molecule has 0 heterocycles. The number of aliphatic hydroxyl groups is 1. The quantitative estimate of drug-likeness (QED) is 0.515. The minimum absolute atomic E-state index is 0.259. The highest BCUT2D eigenvalue weighted by Crippen LogP contribution is 1.96. The van der Waals surface area contributed by atoms with Gasteiger partial charge in [-0.25, -0.2) is 0 Å². The van der Waals surface area contributed by atoms with Crippen molar-refractivity contribution < 1.29 is 5.11 Å². The van der Waals surface area contributed by atoms with Gasteiger partial charge in [0.15, 0.2) is 0 Å². The van der Waals surface area contributed by atoms with Crippen molar-refractivity contribution in [2.24, 2.45) is 0 Å². The Kier molecular flexibility index (Phi) is 2.24. The number of rotatable bonds is 1. The predicted molar refractivity (Wildman–Crippen MR) is 21.2 cm³/mol. The highest BCUT2D eigenvalue weighted by molar-refractivity contribution is 6.26. The summed E-state index contributed by atoms with van der Waals surface area (Å²) >= 11 is 4.82. The van der Waals surface area contributed by atoms with Gasteiger partial charge in [-0.15, -0.1) is 0 Å². The van der Waals surface area contributed by atoms with Gasteiger partial charge in [-0.2, -0.15) is 0 Å². The second-order valence-electron chi connectivity index (χ2n) is 0.527. The van der Waals surface area contributed by atoms with Crippen molar-refractivity contribution in [3.05, 3.63) is 18.2 Å². The smallest absolute Gasteiger partial charge is 0.204 e. The Morgan fingerprint density at radius 3 is 2.20 bits per heavy atom. The van der Waals surface area contributed by atoms with E-state index in [1.807, 2.05) is 0 Å². The van der Waals surface area contributed by atoms with Crippen LogP contribution in [0.2, 0.25) is 0 Å². The van der Waals surface area contributed by atoms with E-state index in [2.05, 4.69) is 6.58 Å². The van der Waals surface area contributed by atoms with E-state index in [9.17, 15) is 0 Å². The first-order valence-electron chi connectivity index (χ1n) is 1.11. The second-order valence-corrected chi connectivity index (χ2v) is 0.914. The number of halogens is 1. The zero-order valence-electron chi connectivity index (χ0n) is 2.61. The molecule has 0 aromatic heterocycles. The van der Waals surface area contributed by atoms with E-state index in [-0.39, 0.29) is 5.56 Å². The highest BCUT2D eigenvalue weighted by atomic mass is 35.5. The average Bonchev–Trinajstić information content (AvgIpc) is 1.38. The van der Waals surface area contributed by atoms with Crippen molar-refractivity contribution >= 4 is 11.6 Å². The van der Waals surface area contributed by atoms with Gasteiger partial charge in [-0.3, -0.25) is 0 Å². The van der Waals surface area contributed by atoms with Gasteiger partial charge in [0.2, 0.25) is 5.56 Å². The van der Waals surface area contributed by atoms with Crippen LogP contribution in [0.15, 0.2) is 12.7 Å². The van der Waals surface area contributed by atoms with Gasteiger partial charge >= 0.3 is 0 Å². The molecule has 0 aliphatic rings. The summed E-state index contributed by atoms with van der Waals surface area (Å²) in [5, 5.41) is 7.93. The van der Waals surface area contributed by atoms with Crippen molar-refractivity contribution in [1.29, 1.82) is 0 Å². The van der Waals surface area contributed by atoms with E-state index in [4.69, 9.17) is 16.7 Å². The third-order valence-corrected chi connectivity index (χ3v) is 0.323. The largest absolute Gasteiger partial charge is 0.368 e. The Morgan fingerprint density at radius 2 is 2.20 bits per heavy atom. The van der Waals surface area contributed by atoms with Gasteiger partial charge in [0.1, 0.15) is 0 Å². The van der Waals surface area contributed by atoms with Crippen LogP contribution in [0.5, 0.6) is 0 Å². The minimum atomic E-state index is -0.259. The van der Waals surface area contributed by atoms with E-state index in [0.29, 0.717) is 0 Å². The predicted octanol–water partition coefficient (Wildman–Crippen LogP) is 1.27. The van der Waals surface area contributed by atoms with Crippen LogP contribution in [0.1, 0.15) is 0 Å². The van der Waals surface area contributed by atoms with E-state index in [1.54, 1.807) is 0 Å². The molecule has 29 valence electrons. The first-order chi connectivity index (χ1) is 2.27. The molecule has 0 aromatic carbocycles. The highest BCUT2D eigenvalue weighted by Gasteiger charge is 1.82. The summed E-state index contributed by atoms with van der Waals surface area (Å²) in [7, 11) is 0. The standard InChI is InChI=1S/C3H4ClO/c1-2-3(4)5/h2,5H,1H2. The molecule has 0 spiro atoms. The maximum atomic E-state index is 7.93. The molecule has 0 aromatic rings. The monoisotopic (exact) mass is 91.0 g/mol. The molecule has 0 aliphatic heterocycles. The molecule has 1 radical (unpaired) electrons. The van der Waals surface area contributed by atoms with Crippen LogP contribution in [0.25, 0.3) is 0 Å². The van der Waals surface area contributed by atoms with E-state index >= 15 is 0 Å². The molecule has 1 nitrogen and oxygen atoms in total. The van der Waals surface area contributed by atoms with Crippen LogP contribution in [-0.4, -0.2) is 5.11 Å². The summed E-state index contributed by atoms with van der Waals surface area (Å²) in [5.74, 6) is 0. The summed E-state index contributed by atoms with van der Waals surface area (Å²) in [6.45, 7) is 3.14. The second kappa shape index (κ2) is 2.24. The minimum Gasteiger partial charge on any atom is -0.368 e. The molecule has 0 unspecified atom stereocenters. The molecule has 2 heteroatoms. The zero-order chi connectivity index (χ0) is 4.28. The number of hydrogen-bond donors (Lipinski definition) is 1. The van der Waals surface area contributed by atoms with Crippen molar-refractivity contribution in [2.45, 2.75) is 0 Å². The first kappa shape index (κ1) is 4.99. The van der Waals surface area contributed by atoms with Crippen LogP contribution < -0.4 is 0 Å². The molecular weight excluding hydrogens is 87.5 g/mol. The van der Waals surface area contributed by atoms with Gasteiger partial charge in [0, 0.05) is 0 Å². The summed E-state index contributed by atoms with van der Waals surface area (Å²) in [6, 6.07) is 0. The summed E-state index contributed by atoms with van der Waals surface area (Å²) in [5.41, 5.74) is -0.259. The maximum Gasteiger partial charge on any atom is 0.204 e. The van der Waals surface area contributed by atoms with Crippen molar-refractivity contribution in [2.75, 3.05) is 0 Å². The summed E-state index contributed by atoms with van der Waals surface area (Å²) < 4.78 is 0. The Morgan fingerprint density at radius 1 is 2.00 bits per heavy atom. The lowest BCUT2D eigenvalue weighted by atomic mass is 10.7. The topological polar surface area (TPSA) is 20.2 Å². The van der Waals surface area contributed by atoms with Gasteiger partial charge < -0.3 is 5.11 Å². The third-order valence-electron chi connectivity index (χ3n) is 0.168. The number of aliphatic hydroxyl groups excluding tert-OH is 1. The Labute approximate surface area is 35.9 Å². The molecule has 0 fully saturated rings. The lowest BCUT2D eigenvalue weighted by Gasteiger charge is -1.78. The van der Waals surface area contributed by atoms with Gasteiger partial charge in [-0.1, -0.05) is 18.2 Å². The zero-order valence-corrected chi connectivity index (χ0v) is 3.37. The fraction of sp³-hybridized carbons (Fsp3) is 0. The third kappa shape index (κ3) is 3.99. The number of hydrogen-bond acceptors (Lipinski definition) is 1. The van der Waals surface area contributed by atoms with Crippen LogP contribution in [0.4, 0.5) is 0 Å². The van der Waals surface area contributed by atoms with Crippen LogP contribution in [0, 0.1) is 5.56 Å². The van der Waals surface area contributed by atoms with E-state index in [1.165, 1.54) is 0 Å². The molecule has 0 saturated heterocycles. The lowest BCUT2D eigenvalue weighted by Crippen LogP contribution is -1.69. The summed E-state index contributed by atoms with van der Waals surface area (Å²) in [6.07, 6.45) is 1.15. The molecule has 0 bridgehead atoms. The molecule has 1 N–H and O–H groups in total.